The molecular weight excluding hydrogens is 214 g/mol. The Kier molecular flexibility index (Phi) is 4.57. The van der Waals surface area contributed by atoms with Crippen molar-refractivity contribution in [1.82, 2.24) is 10.3 Å². The third kappa shape index (κ3) is 3.42. The number of carbonyl (C=O) groups excluding carboxylic acids is 1. The zero-order valence-electron chi connectivity index (χ0n) is 8.78. The summed E-state index contributed by atoms with van der Waals surface area (Å²) >= 11 is 0. The number of nitrogens with one attached hydrogen (secondary N) is 1. The van der Waals surface area contributed by atoms with Gasteiger partial charge < -0.3 is 5.32 Å². The summed E-state index contributed by atoms with van der Waals surface area (Å²) in [5, 5.41) is 2.53. The van der Waals surface area contributed by atoms with E-state index in [2.05, 4.69) is 10.3 Å². The number of rotatable bonds is 4. The monoisotopic (exact) mass is 226 g/mol. The van der Waals surface area contributed by atoms with Crippen LogP contribution < -0.4 is 5.32 Å². The van der Waals surface area contributed by atoms with Gasteiger partial charge in [-0.3, -0.25) is 9.78 Å². The van der Waals surface area contributed by atoms with Gasteiger partial charge in [-0.1, -0.05) is 12.2 Å². The van der Waals surface area contributed by atoms with Gasteiger partial charge in [0.25, 0.3) is 12.3 Å². The van der Waals surface area contributed by atoms with Crippen LogP contribution in [0.15, 0.2) is 30.5 Å². The Balaban J connectivity index is 2.72. The third-order valence-electron chi connectivity index (χ3n) is 1.88. The Bertz CT molecular complexity index is 391. The zero-order valence-corrected chi connectivity index (χ0v) is 8.78. The molecule has 0 saturated heterocycles. The summed E-state index contributed by atoms with van der Waals surface area (Å²) in [5.41, 5.74) is -0.200. The van der Waals surface area contributed by atoms with Gasteiger partial charge in [-0.15, -0.1) is 0 Å². The van der Waals surface area contributed by atoms with Crippen molar-refractivity contribution in [2.45, 2.75) is 13.3 Å². The number of halogens is 2. The van der Waals surface area contributed by atoms with Crippen LogP contribution in [0.3, 0.4) is 0 Å². The minimum atomic E-state index is -2.59. The first kappa shape index (κ1) is 12.3. The Morgan fingerprint density at radius 1 is 1.62 bits per heavy atom. The molecule has 16 heavy (non-hydrogen) atoms. The third-order valence-corrected chi connectivity index (χ3v) is 1.88. The first-order chi connectivity index (χ1) is 7.65. The number of hydrogen-bond acceptors (Lipinski definition) is 2. The summed E-state index contributed by atoms with van der Waals surface area (Å²) in [5.74, 6) is -0.458. The molecule has 1 heterocycles. The smallest absolute Gasteiger partial charge is 0.270 e. The second-order valence-corrected chi connectivity index (χ2v) is 3.05. The van der Waals surface area contributed by atoms with E-state index in [9.17, 15) is 13.6 Å². The van der Waals surface area contributed by atoms with Crippen LogP contribution in [0.5, 0.6) is 0 Å². The van der Waals surface area contributed by atoms with Crippen molar-refractivity contribution in [3.63, 3.8) is 0 Å². The van der Waals surface area contributed by atoms with Gasteiger partial charge in [-0.25, -0.2) is 8.78 Å². The molecule has 0 aliphatic carbocycles. The molecule has 0 aliphatic rings. The molecular formula is C11H12F2N2O. The topological polar surface area (TPSA) is 42.0 Å². The van der Waals surface area contributed by atoms with Crippen molar-refractivity contribution in [1.29, 1.82) is 0 Å². The Hall–Kier alpha value is -1.78. The molecule has 0 saturated carbocycles. The normalized spacial score (nSPS) is 11.0. The lowest BCUT2D eigenvalue weighted by molar-refractivity contribution is 0.0952. The van der Waals surface area contributed by atoms with Crippen molar-refractivity contribution < 1.29 is 13.6 Å². The number of hydrogen-bond donors (Lipinski definition) is 1. The molecule has 0 atom stereocenters. The SMILES string of the molecule is C/C=C/CNC(=O)c1cc(C(F)F)ccn1. The van der Waals surface area contributed by atoms with Crippen molar-refractivity contribution in [3.8, 4) is 0 Å². The van der Waals surface area contributed by atoms with Gasteiger partial charge in [-0.05, 0) is 19.1 Å². The van der Waals surface area contributed by atoms with Gasteiger partial charge in [0.05, 0.1) is 0 Å². The van der Waals surface area contributed by atoms with Gasteiger partial charge in [0.2, 0.25) is 0 Å². The second-order valence-electron chi connectivity index (χ2n) is 3.05. The number of amides is 1. The summed E-state index contributed by atoms with van der Waals surface area (Å²) in [6.45, 7) is 2.18. The second kappa shape index (κ2) is 5.95. The summed E-state index contributed by atoms with van der Waals surface area (Å²) in [7, 11) is 0. The van der Waals surface area contributed by atoms with Crippen LogP contribution in [-0.4, -0.2) is 17.4 Å². The highest BCUT2D eigenvalue weighted by Gasteiger charge is 2.11. The van der Waals surface area contributed by atoms with Crippen molar-refractivity contribution in [2.75, 3.05) is 6.54 Å². The zero-order chi connectivity index (χ0) is 12.0. The maximum Gasteiger partial charge on any atom is 0.270 e. The van der Waals surface area contributed by atoms with Crippen LogP contribution in [0.4, 0.5) is 8.78 Å². The van der Waals surface area contributed by atoms with Gasteiger partial charge in [-0.2, -0.15) is 0 Å². The molecule has 3 nitrogen and oxygen atoms in total. The van der Waals surface area contributed by atoms with Crippen LogP contribution in [-0.2, 0) is 0 Å². The lowest BCUT2D eigenvalue weighted by Crippen LogP contribution is -2.24. The molecule has 0 aliphatic heterocycles. The van der Waals surface area contributed by atoms with E-state index in [1.165, 1.54) is 12.3 Å². The molecule has 1 aromatic rings. The van der Waals surface area contributed by atoms with E-state index in [1.807, 2.05) is 6.92 Å². The summed E-state index contributed by atoms with van der Waals surface area (Å²) in [6, 6.07) is 2.28. The molecule has 1 aromatic heterocycles. The minimum absolute atomic E-state index is 0.00213. The number of carbonyl (C=O) groups is 1. The quantitative estimate of drug-likeness (QED) is 0.800. The standard InChI is InChI=1S/C11H12F2N2O/c1-2-3-5-15-11(16)9-7-8(10(12)13)4-6-14-9/h2-4,6-7,10H,5H2,1H3,(H,15,16)/b3-2+. The van der Waals surface area contributed by atoms with Gasteiger partial charge in [0, 0.05) is 18.3 Å². The van der Waals surface area contributed by atoms with E-state index in [1.54, 1.807) is 12.2 Å². The molecule has 1 amide bonds. The van der Waals surface area contributed by atoms with Crippen molar-refractivity contribution in [2.24, 2.45) is 0 Å². The highest BCUT2D eigenvalue weighted by atomic mass is 19.3. The fourth-order valence-electron chi connectivity index (χ4n) is 1.07. The molecule has 0 fully saturated rings. The van der Waals surface area contributed by atoms with Crippen LogP contribution in [0.2, 0.25) is 0 Å². The number of aromatic nitrogens is 1. The average Bonchev–Trinajstić information content (AvgIpc) is 2.29. The van der Waals surface area contributed by atoms with E-state index in [-0.39, 0.29) is 11.3 Å². The molecule has 0 aromatic carbocycles. The van der Waals surface area contributed by atoms with Gasteiger partial charge >= 0.3 is 0 Å². The molecule has 0 radical (unpaired) electrons. The molecule has 5 heteroatoms. The number of alkyl halides is 2. The predicted octanol–water partition coefficient (Wildman–Crippen LogP) is 2.33. The van der Waals surface area contributed by atoms with Crippen LogP contribution in [0, 0.1) is 0 Å². The first-order valence-electron chi connectivity index (χ1n) is 4.78. The minimum Gasteiger partial charge on any atom is -0.347 e. The van der Waals surface area contributed by atoms with Crippen LogP contribution >= 0.6 is 0 Å². The molecule has 0 bridgehead atoms. The van der Waals surface area contributed by atoms with E-state index in [0.717, 1.165) is 6.07 Å². The maximum atomic E-state index is 12.3. The number of allylic oxidation sites excluding steroid dienone is 1. The maximum absolute atomic E-state index is 12.3. The van der Waals surface area contributed by atoms with Crippen LogP contribution in [0.1, 0.15) is 29.4 Å². The summed E-state index contributed by atoms with van der Waals surface area (Å²) in [4.78, 5) is 15.2. The van der Waals surface area contributed by atoms with Crippen LogP contribution in [0.25, 0.3) is 0 Å². The lowest BCUT2D eigenvalue weighted by Gasteiger charge is -2.03. The first-order valence-corrected chi connectivity index (χ1v) is 4.78. The molecule has 0 unspecified atom stereocenters. The average molecular weight is 226 g/mol. The Morgan fingerprint density at radius 2 is 2.38 bits per heavy atom. The largest absolute Gasteiger partial charge is 0.347 e. The Labute approximate surface area is 92.2 Å². The number of pyridine rings is 1. The molecule has 1 N–H and O–H groups in total. The predicted molar refractivity (Wildman–Crippen MR) is 56.3 cm³/mol. The molecule has 1 rings (SSSR count). The van der Waals surface area contributed by atoms with E-state index in [0.29, 0.717) is 6.54 Å². The summed E-state index contributed by atoms with van der Waals surface area (Å²) < 4.78 is 24.7. The fraction of sp³-hybridized carbons (Fsp3) is 0.273. The van der Waals surface area contributed by atoms with Crippen molar-refractivity contribution in [3.05, 3.63) is 41.7 Å². The van der Waals surface area contributed by atoms with E-state index in [4.69, 9.17) is 0 Å². The van der Waals surface area contributed by atoms with Gasteiger partial charge in [0.15, 0.2) is 0 Å². The molecule has 0 spiro atoms. The highest BCUT2D eigenvalue weighted by molar-refractivity contribution is 5.92. The van der Waals surface area contributed by atoms with Gasteiger partial charge in [0.1, 0.15) is 5.69 Å². The fourth-order valence-corrected chi connectivity index (χ4v) is 1.07. The van der Waals surface area contributed by atoms with E-state index < -0.39 is 12.3 Å². The highest BCUT2D eigenvalue weighted by Crippen LogP contribution is 2.18. The summed E-state index contributed by atoms with van der Waals surface area (Å²) in [6.07, 6.45) is 2.13. The number of nitrogens with zero attached hydrogens (tertiary/aromatic N) is 1. The van der Waals surface area contributed by atoms with Crippen molar-refractivity contribution >= 4 is 5.91 Å². The molecule has 86 valence electrons. The lowest BCUT2D eigenvalue weighted by atomic mass is 10.2. The Morgan fingerprint density at radius 3 is 3.00 bits per heavy atom. The van der Waals surface area contributed by atoms with E-state index >= 15 is 0 Å².